The molecule has 0 radical (unpaired) electrons. The highest BCUT2D eigenvalue weighted by Crippen LogP contribution is 2.29. The Morgan fingerprint density at radius 1 is 1.23 bits per heavy atom. The molecule has 1 nitrogen and oxygen atoms in total. The molecule has 0 aliphatic heterocycles. The maximum absolute atomic E-state index is 5.69. The first-order valence-corrected chi connectivity index (χ1v) is 4.80. The van der Waals surface area contributed by atoms with Gasteiger partial charge in [-0.1, -0.05) is 29.8 Å². The van der Waals surface area contributed by atoms with Crippen molar-refractivity contribution >= 4 is 5.57 Å². The van der Waals surface area contributed by atoms with E-state index in [1.165, 1.54) is 22.3 Å². The molecule has 0 amide bonds. The van der Waals surface area contributed by atoms with Gasteiger partial charge in [0.15, 0.2) is 0 Å². The minimum Gasteiger partial charge on any atom is -0.327 e. The van der Waals surface area contributed by atoms with Gasteiger partial charge in [0.1, 0.15) is 0 Å². The summed E-state index contributed by atoms with van der Waals surface area (Å²) < 4.78 is 0. The summed E-state index contributed by atoms with van der Waals surface area (Å²) in [4.78, 5) is 0. The summed E-state index contributed by atoms with van der Waals surface area (Å²) in [7, 11) is 0. The Hall–Kier alpha value is -1.08. The fourth-order valence-corrected chi connectivity index (χ4v) is 2.02. The van der Waals surface area contributed by atoms with Crippen LogP contribution in [-0.2, 0) is 6.42 Å². The van der Waals surface area contributed by atoms with Gasteiger partial charge < -0.3 is 5.73 Å². The van der Waals surface area contributed by atoms with Gasteiger partial charge in [-0.25, -0.2) is 0 Å². The second kappa shape index (κ2) is 3.35. The Morgan fingerprint density at radius 2 is 2.00 bits per heavy atom. The molecule has 2 rings (SSSR count). The van der Waals surface area contributed by atoms with Crippen molar-refractivity contribution in [1.29, 1.82) is 0 Å². The van der Waals surface area contributed by atoms with Gasteiger partial charge in [0.2, 0.25) is 0 Å². The standard InChI is InChI=1S/C12H15N/c1-9-11(8-13)7-6-10-4-2-3-5-12(9)10/h2-5H,6-8,13H2,1H3. The van der Waals surface area contributed by atoms with Gasteiger partial charge in [0.25, 0.3) is 0 Å². The lowest BCUT2D eigenvalue weighted by atomic mass is 9.86. The van der Waals surface area contributed by atoms with E-state index in [1.807, 2.05) is 0 Å². The van der Waals surface area contributed by atoms with Crippen LogP contribution in [0.5, 0.6) is 0 Å². The molecule has 0 atom stereocenters. The molecular weight excluding hydrogens is 158 g/mol. The van der Waals surface area contributed by atoms with Crippen molar-refractivity contribution in [2.45, 2.75) is 19.8 Å². The predicted octanol–water partition coefficient (Wildman–Crippen LogP) is 2.37. The summed E-state index contributed by atoms with van der Waals surface area (Å²) in [5.41, 5.74) is 11.4. The van der Waals surface area contributed by atoms with Crippen LogP contribution in [0.2, 0.25) is 0 Å². The largest absolute Gasteiger partial charge is 0.327 e. The van der Waals surface area contributed by atoms with Crippen LogP contribution in [0.15, 0.2) is 29.8 Å². The van der Waals surface area contributed by atoms with Crippen molar-refractivity contribution in [2.24, 2.45) is 5.73 Å². The molecule has 0 unspecified atom stereocenters. The van der Waals surface area contributed by atoms with Crippen molar-refractivity contribution < 1.29 is 0 Å². The monoisotopic (exact) mass is 173 g/mol. The Balaban J connectivity index is 2.52. The predicted molar refractivity (Wildman–Crippen MR) is 56.4 cm³/mol. The molecule has 1 aliphatic rings. The van der Waals surface area contributed by atoms with Gasteiger partial charge in [-0.2, -0.15) is 0 Å². The summed E-state index contributed by atoms with van der Waals surface area (Å²) in [6.45, 7) is 2.89. The van der Waals surface area contributed by atoms with Crippen LogP contribution in [0.25, 0.3) is 5.57 Å². The third-order valence-corrected chi connectivity index (χ3v) is 2.89. The molecule has 1 aliphatic carbocycles. The molecular formula is C12H15N. The van der Waals surface area contributed by atoms with Crippen LogP contribution in [0, 0.1) is 0 Å². The fourth-order valence-electron chi connectivity index (χ4n) is 2.02. The average Bonchev–Trinajstić information content (AvgIpc) is 2.19. The first-order valence-electron chi connectivity index (χ1n) is 4.80. The van der Waals surface area contributed by atoms with Crippen molar-refractivity contribution in [1.82, 2.24) is 0 Å². The van der Waals surface area contributed by atoms with Crippen LogP contribution in [0.1, 0.15) is 24.5 Å². The minimum atomic E-state index is 0.708. The van der Waals surface area contributed by atoms with E-state index in [0.717, 1.165) is 12.8 Å². The van der Waals surface area contributed by atoms with Gasteiger partial charge in [0, 0.05) is 6.54 Å². The quantitative estimate of drug-likeness (QED) is 0.693. The van der Waals surface area contributed by atoms with E-state index in [9.17, 15) is 0 Å². The molecule has 0 aromatic heterocycles. The summed E-state index contributed by atoms with van der Waals surface area (Å²) in [6.07, 6.45) is 2.29. The molecule has 0 saturated carbocycles. The molecule has 0 spiro atoms. The van der Waals surface area contributed by atoms with Crippen molar-refractivity contribution in [3.63, 3.8) is 0 Å². The lowest BCUT2D eigenvalue weighted by molar-refractivity contribution is 0.881. The third-order valence-electron chi connectivity index (χ3n) is 2.89. The highest BCUT2D eigenvalue weighted by Gasteiger charge is 2.13. The van der Waals surface area contributed by atoms with Crippen molar-refractivity contribution in [3.05, 3.63) is 41.0 Å². The van der Waals surface area contributed by atoms with E-state index in [4.69, 9.17) is 5.73 Å². The third kappa shape index (κ3) is 1.40. The van der Waals surface area contributed by atoms with E-state index in [-0.39, 0.29) is 0 Å². The van der Waals surface area contributed by atoms with Crippen molar-refractivity contribution in [3.8, 4) is 0 Å². The summed E-state index contributed by atoms with van der Waals surface area (Å²) in [5.74, 6) is 0. The van der Waals surface area contributed by atoms with E-state index >= 15 is 0 Å². The molecule has 0 fully saturated rings. The summed E-state index contributed by atoms with van der Waals surface area (Å²) in [5, 5.41) is 0. The van der Waals surface area contributed by atoms with Crippen LogP contribution < -0.4 is 5.73 Å². The van der Waals surface area contributed by atoms with Crippen molar-refractivity contribution in [2.75, 3.05) is 6.54 Å². The van der Waals surface area contributed by atoms with Gasteiger partial charge in [-0.05, 0) is 36.5 Å². The Labute approximate surface area is 79.3 Å². The molecule has 1 aromatic rings. The average molecular weight is 173 g/mol. The van der Waals surface area contributed by atoms with Gasteiger partial charge in [-0.3, -0.25) is 0 Å². The molecule has 13 heavy (non-hydrogen) atoms. The Morgan fingerprint density at radius 3 is 2.77 bits per heavy atom. The van der Waals surface area contributed by atoms with Gasteiger partial charge in [-0.15, -0.1) is 0 Å². The molecule has 1 aromatic carbocycles. The number of rotatable bonds is 1. The first kappa shape index (κ1) is 8.52. The van der Waals surface area contributed by atoms with Gasteiger partial charge >= 0.3 is 0 Å². The zero-order chi connectivity index (χ0) is 9.26. The number of benzene rings is 1. The number of fused-ring (bicyclic) bond motifs is 1. The second-order valence-corrected chi connectivity index (χ2v) is 3.59. The highest BCUT2D eigenvalue weighted by molar-refractivity contribution is 5.71. The number of hydrogen-bond donors (Lipinski definition) is 1. The highest BCUT2D eigenvalue weighted by atomic mass is 14.5. The molecule has 0 bridgehead atoms. The zero-order valence-corrected chi connectivity index (χ0v) is 8.01. The zero-order valence-electron chi connectivity index (χ0n) is 8.01. The van der Waals surface area contributed by atoms with E-state index in [0.29, 0.717) is 6.54 Å². The smallest absolute Gasteiger partial charge is 0.0142 e. The lowest BCUT2D eigenvalue weighted by Crippen LogP contribution is -2.11. The minimum absolute atomic E-state index is 0.708. The molecule has 0 heterocycles. The number of aryl methyl sites for hydroxylation is 1. The normalized spacial score (nSPS) is 15.8. The van der Waals surface area contributed by atoms with Crippen LogP contribution in [0.4, 0.5) is 0 Å². The summed E-state index contributed by atoms with van der Waals surface area (Å²) in [6, 6.07) is 8.62. The Kier molecular flexibility index (Phi) is 2.19. The maximum Gasteiger partial charge on any atom is 0.0142 e. The lowest BCUT2D eigenvalue weighted by Gasteiger charge is -2.20. The first-order chi connectivity index (χ1) is 6.33. The SMILES string of the molecule is CC1=C(CN)CCc2ccccc21. The van der Waals surface area contributed by atoms with E-state index in [1.54, 1.807) is 0 Å². The molecule has 1 heteroatoms. The number of hydrogen-bond acceptors (Lipinski definition) is 1. The molecule has 0 saturated heterocycles. The van der Waals surface area contributed by atoms with Crippen LogP contribution in [-0.4, -0.2) is 6.54 Å². The summed E-state index contributed by atoms with van der Waals surface area (Å²) >= 11 is 0. The Bertz CT molecular complexity index is 350. The second-order valence-electron chi connectivity index (χ2n) is 3.59. The number of allylic oxidation sites excluding steroid dienone is 1. The van der Waals surface area contributed by atoms with E-state index < -0.39 is 0 Å². The molecule has 2 N–H and O–H groups in total. The van der Waals surface area contributed by atoms with Gasteiger partial charge in [0.05, 0.1) is 0 Å². The fraction of sp³-hybridized carbons (Fsp3) is 0.333. The van der Waals surface area contributed by atoms with Crippen LogP contribution >= 0.6 is 0 Å². The van der Waals surface area contributed by atoms with Crippen LogP contribution in [0.3, 0.4) is 0 Å². The van der Waals surface area contributed by atoms with E-state index in [2.05, 4.69) is 31.2 Å². The maximum atomic E-state index is 5.69. The molecule has 68 valence electrons. The number of nitrogens with two attached hydrogens (primary N) is 1. The topological polar surface area (TPSA) is 26.0 Å².